The van der Waals surface area contributed by atoms with E-state index in [1.165, 1.54) is 13.0 Å². The van der Waals surface area contributed by atoms with Crippen molar-refractivity contribution >= 4 is 28.7 Å². The quantitative estimate of drug-likeness (QED) is 0.497. The van der Waals surface area contributed by atoms with Crippen molar-refractivity contribution in [3.63, 3.8) is 0 Å². The average molecular weight is 362 g/mol. The highest BCUT2D eigenvalue weighted by molar-refractivity contribution is 6.01. The molecule has 1 aromatic heterocycles. The van der Waals surface area contributed by atoms with Crippen LogP contribution in [0.5, 0.6) is 5.75 Å². The third kappa shape index (κ3) is 4.44. The number of H-pyrrole nitrogens is 1. The van der Waals surface area contributed by atoms with Gasteiger partial charge in [0.25, 0.3) is 0 Å². The van der Waals surface area contributed by atoms with E-state index < -0.39 is 0 Å². The molecule has 1 heterocycles. The fourth-order valence-electron chi connectivity index (χ4n) is 3.03. The van der Waals surface area contributed by atoms with Crippen molar-refractivity contribution in [2.75, 3.05) is 13.7 Å². The average Bonchev–Trinajstić information content (AvgIpc) is 3.05. The number of methoxy groups -OCH3 is 1. The molecule has 0 radical (unpaired) electrons. The Labute approximate surface area is 158 Å². The first kappa shape index (κ1) is 18.5. The molecule has 0 atom stereocenters. The lowest BCUT2D eigenvalue weighted by molar-refractivity contribution is -0.116. The number of aromatic nitrogens is 1. The highest BCUT2D eigenvalue weighted by Gasteiger charge is 2.15. The molecule has 0 spiro atoms. The molecule has 0 fully saturated rings. The van der Waals surface area contributed by atoms with Crippen LogP contribution in [0.15, 0.2) is 54.6 Å². The lowest BCUT2D eigenvalue weighted by atomic mass is 10.1. The van der Waals surface area contributed by atoms with E-state index in [9.17, 15) is 9.59 Å². The van der Waals surface area contributed by atoms with Gasteiger partial charge in [-0.15, -0.1) is 0 Å². The van der Waals surface area contributed by atoms with Crippen molar-refractivity contribution in [1.29, 1.82) is 0 Å². The predicted octanol–water partition coefficient (Wildman–Crippen LogP) is 3.75. The van der Waals surface area contributed by atoms with Crippen molar-refractivity contribution in [1.82, 2.24) is 10.3 Å². The molecule has 2 aromatic carbocycles. The monoisotopic (exact) mass is 362 g/mol. The molecule has 5 nitrogen and oxygen atoms in total. The van der Waals surface area contributed by atoms with Gasteiger partial charge in [-0.25, -0.2) is 0 Å². The number of hydrogen-bond donors (Lipinski definition) is 2. The number of ketones is 1. The van der Waals surface area contributed by atoms with Gasteiger partial charge >= 0.3 is 0 Å². The predicted molar refractivity (Wildman–Crippen MR) is 107 cm³/mol. The smallest absolute Gasteiger partial charge is 0.244 e. The molecule has 0 aliphatic rings. The van der Waals surface area contributed by atoms with Gasteiger partial charge in [-0.3, -0.25) is 9.59 Å². The number of fused-ring (bicyclic) bond motifs is 1. The van der Waals surface area contributed by atoms with Crippen LogP contribution in [0.4, 0.5) is 0 Å². The molecule has 0 unspecified atom stereocenters. The standard InChI is InChI=1S/C22H22N2O3/c1-15(25)22-19(18-10-9-17(27-2)14-20(18)24-22)12-13-23-21(26)11-8-16-6-4-3-5-7-16/h3-11,14,24H,12-13H2,1-2H3,(H,23,26)/b11-8+. The largest absolute Gasteiger partial charge is 0.497 e. The van der Waals surface area contributed by atoms with E-state index in [2.05, 4.69) is 10.3 Å². The van der Waals surface area contributed by atoms with Crippen LogP contribution < -0.4 is 10.1 Å². The summed E-state index contributed by atoms with van der Waals surface area (Å²) in [4.78, 5) is 27.2. The van der Waals surface area contributed by atoms with E-state index >= 15 is 0 Å². The van der Waals surface area contributed by atoms with Crippen molar-refractivity contribution in [2.45, 2.75) is 13.3 Å². The van der Waals surface area contributed by atoms with Crippen LogP contribution in [-0.2, 0) is 11.2 Å². The van der Waals surface area contributed by atoms with E-state index in [0.29, 0.717) is 18.7 Å². The first-order valence-corrected chi connectivity index (χ1v) is 8.79. The summed E-state index contributed by atoms with van der Waals surface area (Å²) in [6.45, 7) is 1.98. The summed E-state index contributed by atoms with van der Waals surface area (Å²) in [6.07, 6.45) is 3.85. The second kappa shape index (κ2) is 8.36. The van der Waals surface area contributed by atoms with Crippen molar-refractivity contribution in [3.8, 4) is 5.75 Å². The Hall–Kier alpha value is -3.34. The van der Waals surface area contributed by atoms with Gasteiger partial charge in [0.05, 0.1) is 12.8 Å². The van der Waals surface area contributed by atoms with Crippen LogP contribution in [0.2, 0.25) is 0 Å². The Bertz CT molecular complexity index is 987. The summed E-state index contributed by atoms with van der Waals surface area (Å²) in [5.74, 6) is 0.532. The Morgan fingerprint density at radius 3 is 2.63 bits per heavy atom. The van der Waals surface area contributed by atoms with Gasteiger partial charge < -0.3 is 15.0 Å². The minimum absolute atomic E-state index is 0.0320. The first-order chi connectivity index (χ1) is 13.1. The maximum absolute atomic E-state index is 12.0. The van der Waals surface area contributed by atoms with Crippen molar-refractivity contribution < 1.29 is 14.3 Å². The van der Waals surface area contributed by atoms with Crippen molar-refractivity contribution in [2.24, 2.45) is 0 Å². The molecule has 3 rings (SSSR count). The number of ether oxygens (including phenoxy) is 1. The second-order valence-corrected chi connectivity index (χ2v) is 6.23. The molecule has 3 aromatic rings. The number of aromatic amines is 1. The van der Waals surface area contributed by atoms with Gasteiger partial charge in [0.2, 0.25) is 5.91 Å². The SMILES string of the molecule is COc1ccc2c(CCNC(=O)/C=C/c3ccccc3)c(C(C)=O)[nH]c2c1. The Kier molecular flexibility index (Phi) is 5.71. The molecular formula is C22H22N2O3. The maximum Gasteiger partial charge on any atom is 0.244 e. The summed E-state index contributed by atoms with van der Waals surface area (Å²) in [7, 11) is 1.61. The summed E-state index contributed by atoms with van der Waals surface area (Å²) < 4.78 is 5.24. The molecule has 2 N–H and O–H groups in total. The normalized spacial score (nSPS) is 11.0. The number of amides is 1. The Morgan fingerprint density at radius 2 is 1.93 bits per heavy atom. The molecule has 0 bridgehead atoms. The molecule has 138 valence electrons. The summed E-state index contributed by atoms with van der Waals surface area (Å²) in [5.41, 5.74) is 3.31. The topological polar surface area (TPSA) is 71.2 Å². The molecule has 0 aliphatic carbocycles. The van der Waals surface area contributed by atoms with E-state index in [4.69, 9.17) is 4.74 Å². The first-order valence-electron chi connectivity index (χ1n) is 8.79. The third-order valence-corrected chi connectivity index (χ3v) is 4.37. The highest BCUT2D eigenvalue weighted by atomic mass is 16.5. The minimum Gasteiger partial charge on any atom is -0.497 e. The van der Waals surface area contributed by atoms with E-state index in [1.807, 2.05) is 48.5 Å². The number of hydrogen-bond acceptors (Lipinski definition) is 3. The van der Waals surface area contributed by atoms with Crippen LogP contribution >= 0.6 is 0 Å². The van der Waals surface area contributed by atoms with Crippen LogP contribution in [-0.4, -0.2) is 30.3 Å². The van der Waals surface area contributed by atoms with Crippen molar-refractivity contribution in [3.05, 3.63) is 71.4 Å². The fourth-order valence-corrected chi connectivity index (χ4v) is 3.03. The molecule has 0 aliphatic heterocycles. The molecular weight excluding hydrogens is 340 g/mol. The zero-order valence-corrected chi connectivity index (χ0v) is 15.4. The van der Waals surface area contributed by atoms with Gasteiger partial charge in [0.15, 0.2) is 5.78 Å². The van der Waals surface area contributed by atoms with Crippen LogP contribution in [0.25, 0.3) is 17.0 Å². The maximum atomic E-state index is 12.0. The summed E-state index contributed by atoms with van der Waals surface area (Å²) in [5, 5.41) is 3.84. The molecule has 27 heavy (non-hydrogen) atoms. The van der Waals surface area contributed by atoms with E-state index in [-0.39, 0.29) is 11.7 Å². The third-order valence-electron chi connectivity index (χ3n) is 4.37. The van der Waals surface area contributed by atoms with E-state index in [0.717, 1.165) is 27.8 Å². The number of nitrogens with one attached hydrogen (secondary N) is 2. The Balaban J connectivity index is 1.69. The van der Waals surface area contributed by atoms with Gasteiger partial charge in [-0.05, 0) is 35.8 Å². The van der Waals surface area contributed by atoms with Gasteiger partial charge in [-0.1, -0.05) is 30.3 Å². The van der Waals surface area contributed by atoms with Crippen LogP contribution in [0.3, 0.4) is 0 Å². The number of carbonyl (C=O) groups excluding carboxylic acids is 2. The Morgan fingerprint density at radius 1 is 1.15 bits per heavy atom. The molecule has 0 saturated heterocycles. The van der Waals surface area contributed by atoms with E-state index in [1.54, 1.807) is 13.2 Å². The molecule has 1 amide bonds. The van der Waals surface area contributed by atoms with Crippen LogP contribution in [0, 0.1) is 0 Å². The van der Waals surface area contributed by atoms with Gasteiger partial charge in [0, 0.05) is 36.5 Å². The van der Waals surface area contributed by atoms with Gasteiger partial charge in [-0.2, -0.15) is 0 Å². The fraction of sp³-hybridized carbons (Fsp3) is 0.182. The zero-order valence-electron chi connectivity index (χ0n) is 15.4. The number of carbonyl (C=O) groups is 2. The zero-order chi connectivity index (χ0) is 19.2. The highest BCUT2D eigenvalue weighted by Crippen LogP contribution is 2.27. The number of Topliss-reactive ketones (excluding diaryl/α,β-unsaturated/α-hetero) is 1. The lowest BCUT2D eigenvalue weighted by Gasteiger charge is -2.04. The van der Waals surface area contributed by atoms with Gasteiger partial charge in [0.1, 0.15) is 5.75 Å². The summed E-state index contributed by atoms with van der Waals surface area (Å²) >= 11 is 0. The molecule has 0 saturated carbocycles. The minimum atomic E-state index is -0.162. The summed E-state index contributed by atoms with van der Waals surface area (Å²) in [6, 6.07) is 15.3. The lowest BCUT2D eigenvalue weighted by Crippen LogP contribution is -2.23. The second-order valence-electron chi connectivity index (χ2n) is 6.23. The number of rotatable bonds is 7. The van der Waals surface area contributed by atoms with Crippen LogP contribution in [0.1, 0.15) is 28.5 Å². The number of benzene rings is 2. The molecule has 5 heteroatoms.